The van der Waals surface area contributed by atoms with E-state index in [1.54, 1.807) is 43.3 Å². The summed E-state index contributed by atoms with van der Waals surface area (Å²) in [6.07, 6.45) is 0.453. The van der Waals surface area contributed by atoms with Crippen LogP contribution in [-0.4, -0.2) is 46.2 Å². The number of nitrogens with zero attached hydrogens (tertiary/aromatic N) is 2. The minimum absolute atomic E-state index is 0.297. The molecule has 2 atom stereocenters. The lowest BCUT2D eigenvalue weighted by Gasteiger charge is -2.24. The Morgan fingerprint density at radius 3 is 2.70 bits per heavy atom. The van der Waals surface area contributed by atoms with Gasteiger partial charge < -0.3 is 15.5 Å². The van der Waals surface area contributed by atoms with E-state index in [1.165, 1.54) is 22.3 Å². The minimum atomic E-state index is -0.833. The Morgan fingerprint density at radius 1 is 1.18 bits per heavy atom. The number of benzene rings is 2. The number of aryl methyl sites for hydroxylation is 2. The molecule has 168 valence electrons. The first kappa shape index (κ1) is 21.3. The monoisotopic (exact) mass is 464 g/mol. The van der Waals surface area contributed by atoms with Crippen LogP contribution in [0.4, 0.5) is 10.1 Å². The summed E-state index contributed by atoms with van der Waals surface area (Å²) in [6, 6.07) is 9.87. The third-order valence-corrected chi connectivity index (χ3v) is 7.12. The number of carbonyl (C=O) groups excluding carboxylic acids is 3. The average molecular weight is 465 g/mol. The Morgan fingerprint density at radius 2 is 1.97 bits per heavy atom. The quantitative estimate of drug-likeness (QED) is 0.620. The summed E-state index contributed by atoms with van der Waals surface area (Å²) in [4.78, 5) is 45.6. The molecular formula is C24H21FN4O3S. The SMILES string of the molecule is Cc1nc(C)c(C(=O)NC2CCN3C(=O)c4cc(-c5ccccc5F)ccc4NC(=O)C23)s1. The third kappa shape index (κ3) is 3.68. The van der Waals surface area contributed by atoms with Gasteiger partial charge in [-0.3, -0.25) is 14.4 Å². The van der Waals surface area contributed by atoms with Gasteiger partial charge in [0, 0.05) is 12.1 Å². The molecule has 2 aliphatic heterocycles. The van der Waals surface area contributed by atoms with Gasteiger partial charge in [-0.1, -0.05) is 24.3 Å². The van der Waals surface area contributed by atoms with Crippen LogP contribution < -0.4 is 10.6 Å². The number of fused-ring (bicyclic) bond motifs is 2. The molecule has 0 aliphatic carbocycles. The van der Waals surface area contributed by atoms with Crippen LogP contribution in [0, 0.1) is 19.7 Å². The molecule has 3 amide bonds. The fourth-order valence-electron chi connectivity index (χ4n) is 4.53. The third-order valence-electron chi connectivity index (χ3n) is 6.05. The highest BCUT2D eigenvalue weighted by molar-refractivity contribution is 7.13. The number of thiazole rings is 1. The van der Waals surface area contributed by atoms with Crippen molar-refractivity contribution < 1.29 is 18.8 Å². The van der Waals surface area contributed by atoms with E-state index in [2.05, 4.69) is 15.6 Å². The molecule has 0 spiro atoms. The molecule has 9 heteroatoms. The highest BCUT2D eigenvalue weighted by Crippen LogP contribution is 2.33. The Hall–Kier alpha value is -3.59. The van der Waals surface area contributed by atoms with Crippen molar-refractivity contribution in [2.24, 2.45) is 0 Å². The normalized spacial score (nSPS) is 19.5. The van der Waals surface area contributed by atoms with E-state index in [4.69, 9.17) is 0 Å². The predicted molar refractivity (Wildman–Crippen MR) is 123 cm³/mol. The van der Waals surface area contributed by atoms with Crippen LogP contribution in [0.5, 0.6) is 0 Å². The molecule has 3 aromatic rings. The van der Waals surface area contributed by atoms with Gasteiger partial charge in [-0.2, -0.15) is 0 Å². The van der Waals surface area contributed by atoms with E-state index in [-0.39, 0.29) is 17.7 Å². The van der Waals surface area contributed by atoms with Gasteiger partial charge in [-0.05, 0) is 44.0 Å². The van der Waals surface area contributed by atoms with Crippen molar-refractivity contribution in [3.63, 3.8) is 0 Å². The summed E-state index contributed by atoms with van der Waals surface area (Å²) in [7, 11) is 0. The van der Waals surface area contributed by atoms with E-state index in [0.29, 0.717) is 45.9 Å². The summed E-state index contributed by atoms with van der Waals surface area (Å²) in [5, 5.41) is 6.53. The Labute approximate surface area is 193 Å². The summed E-state index contributed by atoms with van der Waals surface area (Å²) in [5.74, 6) is -1.37. The minimum Gasteiger partial charge on any atom is -0.346 e. The van der Waals surface area contributed by atoms with Crippen LogP contribution in [0.2, 0.25) is 0 Å². The first-order valence-corrected chi connectivity index (χ1v) is 11.4. The van der Waals surface area contributed by atoms with Gasteiger partial charge in [-0.25, -0.2) is 9.37 Å². The van der Waals surface area contributed by atoms with Crippen LogP contribution in [0.15, 0.2) is 42.5 Å². The summed E-state index contributed by atoms with van der Waals surface area (Å²) >= 11 is 1.30. The average Bonchev–Trinajstić information content (AvgIpc) is 3.33. The van der Waals surface area contributed by atoms with Crippen LogP contribution in [0.25, 0.3) is 11.1 Å². The zero-order valence-electron chi connectivity index (χ0n) is 18.0. The number of halogens is 1. The number of aromatic nitrogens is 1. The molecule has 7 nitrogen and oxygen atoms in total. The second-order valence-electron chi connectivity index (χ2n) is 8.19. The van der Waals surface area contributed by atoms with Crippen LogP contribution >= 0.6 is 11.3 Å². The molecule has 1 aromatic heterocycles. The van der Waals surface area contributed by atoms with E-state index in [1.807, 2.05) is 6.92 Å². The van der Waals surface area contributed by atoms with Crippen molar-refractivity contribution in [2.45, 2.75) is 32.4 Å². The fourth-order valence-corrected chi connectivity index (χ4v) is 5.35. The van der Waals surface area contributed by atoms with Crippen molar-refractivity contribution in [2.75, 3.05) is 11.9 Å². The summed E-state index contributed by atoms with van der Waals surface area (Å²) < 4.78 is 14.3. The Balaban J connectivity index is 1.44. The van der Waals surface area contributed by atoms with Crippen molar-refractivity contribution in [1.29, 1.82) is 0 Å². The number of anilines is 1. The van der Waals surface area contributed by atoms with Crippen molar-refractivity contribution in [1.82, 2.24) is 15.2 Å². The van der Waals surface area contributed by atoms with E-state index < -0.39 is 17.9 Å². The lowest BCUT2D eigenvalue weighted by atomic mass is 10.0. The summed E-state index contributed by atoms with van der Waals surface area (Å²) in [6.45, 7) is 3.92. The van der Waals surface area contributed by atoms with Crippen LogP contribution in [0.1, 0.15) is 37.2 Å². The molecule has 2 N–H and O–H groups in total. The smallest absolute Gasteiger partial charge is 0.263 e. The number of amides is 3. The topological polar surface area (TPSA) is 91.4 Å². The molecule has 2 aliphatic rings. The lowest BCUT2D eigenvalue weighted by Crippen LogP contribution is -2.51. The highest BCUT2D eigenvalue weighted by Gasteiger charge is 2.45. The molecule has 0 bridgehead atoms. The number of rotatable bonds is 3. The van der Waals surface area contributed by atoms with Gasteiger partial charge >= 0.3 is 0 Å². The van der Waals surface area contributed by atoms with Gasteiger partial charge in [0.15, 0.2) is 0 Å². The number of hydrogen-bond donors (Lipinski definition) is 2. The van der Waals surface area contributed by atoms with Crippen molar-refractivity contribution in [3.8, 4) is 11.1 Å². The zero-order chi connectivity index (χ0) is 23.3. The number of nitrogens with one attached hydrogen (secondary N) is 2. The molecule has 1 fully saturated rings. The maximum atomic E-state index is 14.3. The van der Waals surface area contributed by atoms with E-state index in [9.17, 15) is 18.8 Å². The van der Waals surface area contributed by atoms with Crippen molar-refractivity contribution >= 4 is 34.7 Å². The number of carbonyl (C=O) groups is 3. The molecule has 2 aromatic carbocycles. The van der Waals surface area contributed by atoms with Gasteiger partial charge in [0.05, 0.1) is 28.0 Å². The predicted octanol–water partition coefficient (Wildman–Crippen LogP) is 3.53. The van der Waals surface area contributed by atoms with Gasteiger partial charge in [-0.15, -0.1) is 11.3 Å². The standard InChI is InChI=1S/C24H21FN4O3S/c1-12-21(33-13(2)26-12)23(31)28-19-9-10-29-20(19)22(30)27-18-8-7-14(11-16(18)24(29)32)15-5-3-4-6-17(15)25/h3-8,11,19-20H,9-10H2,1-2H3,(H,27,30)(H,28,31). The molecule has 5 rings (SSSR count). The van der Waals surface area contributed by atoms with E-state index >= 15 is 0 Å². The number of hydrogen-bond acceptors (Lipinski definition) is 5. The Kier molecular flexibility index (Phi) is 5.20. The van der Waals surface area contributed by atoms with Gasteiger partial charge in [0.1, 0.15) is 16.7 Å². The Bertz CT molecular complexity index is 1300. The first-order valence-electron chi connectivity index (χ1n) is 10.6. The maximum absolute atomic E-state index is 14.3. The van der Waals surface area contributed by atoms with Crippen LogP contribution in [-0.2, 0) is 4.79 Å². The molecule has 33 heavy (non-hydrogen) atoms. The maximum Gasteiger partial charge on any atom is 0.263 e. The molecule has 0 radical (unpaired) electrons. The lowest BCUT2D eigenvalue weighted by molar-refractivity contribution is -0.120. The van der Waals surface area contributed by atoms with Crippen LogP contribution in [0.3, 0.4) is 0 Å². The molecule has 2 unspecified atom stereocenters. The first-order chi connectivity index (χ1) is 15.8. The fraction of sp³-hybridized carbons (Fsp3) is 0.250. The second kappa shape index (κ2) is 8.08. The second-order valence-corrected chi connectivity index (χ2v) is 9.39. The molecular weight excluding hydrogens is 443 g/mol. The van der Waals surface area contributed by atoms with Gasteiger partial charge in [0.2, 0.25) is 5.91 Å². The summed E-state index contributed by atoms with van der Waals surface area (Å²) in [5.41, 5.74) is 2.24. The van der Waals surface area contributed by atoms with Crippen molar-refractivity contribution in [3.05, 3.63) is 69.4 Å². The zero-order valence-corrected chi connectivity index (χ0v) is 18.8. The highest BCUT2D eigenvalue weighted by atomic mass is 32.1. The van der Waals surface area contributed by atoms with E-state index in [0.717, 1.165) is 5.01 Å². The van der Waals surface area contributed by atoms with Gasteiger partial charge in [0.25, 0.3) is 11.8 Å². The largest absolute Gasteiger partial charge is 0.346 e. The molecule has 0 saturated carbocycles. The molecule has 3 heterocycles. The molecule has 1 saturated heterocycles.